The number of hydrogen-bond donors (Lipinski definition) is 1. The minimum Gasteiger partial charge on any atom is -0.494 e. The van der Waals surface area contributed by atoms with Crippen molar-refractivity contribution in [3.05, 3.63) is 94.0 Å². The zero-order valence-corrected chi connectivity index (χ0v) is 20.4. The van der Waals surface area contributed by atoms with Gasteiger partial charge in [0.1, 0.15) is 5.75 Å². The third-order valence-corrected chi connectivity index (χ3v) is 7.18. The number of hydrogen-bond acceptors (Lipinski definition) is 4. The minimum absolute atomic E-state index is 0.0410. The van der Waals surface area contributed by atoms with Gasteiger partial charge in [-0.25, -0.2) is 8.42 Å². The van der Waals surface area contributed by atoms with Crippen molar-refractivity contribution in [2.45, 2.75) is 31.8 Å². The molecule has 0 heterocycles. The fourth-order valence-corrected chi connectivity index (χ4v) is 4.52. The number of ether oxygens (including phenoxy) is 1. The molecule has 0 aliphatic heterocycles. The molecule has 0 saturated carbocycles. The number of aryl methyl sites for hydroxylation is 1. The first kappa shape index (κ1) is 24.8. The Bertz CT molecular complexity index is 1210. The number of carbonyl (C=O) groups is 1. The predicted molar refractivity (Wildman–Crippen MR) is 130 cm³/mol. The summed E-state index contributed by atoms with van der Waals surface area (Å²) in [6.07, 6.45) is 0. The average molecular weight is 487 g/mol. The van der Waals surface area contributed by atoms with E-state index in [1.807, 2.05) is 38.1 Å². The maximum absolute atomic E-state index is 13.0. The van der Waals surface area contributed by atoms with E-state index >= 15 is 0 Å². The van der Waals surface area contributed by atoms with Gasteiger partial charge in [-0.1, -0.05) is 41.4 Å². The molecule has 0 unspecified atom stereocenters. The van der Waals surface area contributed by atoms with Gasteiger partial charge < -0.3 is 10.1 Å². The molecule has 0 atom stereocenters. The molecule has 0 spiro atoms. The number of sulfonamides is 1. The summed E-state index contributed by atoms with van der Waals surface area (Å²) in [5.74, 6) is 0.286. The summed E-state index contributed by atoms with van der Waals surface area (Å²) in [6.45, 7) is 4.71. The van der Waals surface area contributed by atoms with E-state index in [0.29, 0.717) is 35.1 Å². The fraction of sp³-hybridized carbons (Fsp3) is 0.240. The first-order valence-electron chi connectivity index (χ1n) is 10.5. The molecule has 1 N–H and O–H groups in total. The second kappa shape index (κ2) is 10.8. The Kier molecular flexibility index (Phi) is 8.13. The van der Waals surface area contributed by atoms with Gasteiger partial charge in [-0.3, -0.25) is 4.79 Å². The van der Waals surface area contributed by atoms with Crippen LogP contribution in [0.25, 0.3) is 0 Å². The fourth-order valence-electron chi connectivity index (χ4n) is 3.24. The van der Waals surface area contributed by atoms with Gasteiger partial charge >= 0.3 is 0 Å². The number of carbonyl (C=O) groups excluding carboxylic acids is 1. The molecule has 3 rings (SSSR count). The average Bonchev–Trinajstić information content (AvgIpc) is 2.80. The molecule has 0 aromatic heterocycles. The third-order valence-electron chi connectivity index (χ3n) is 5.11. The normalized spacial score (nSPS) is 11.4. The molecule has 33 heavy (non-hydrogen) atoms. The molecule has 1 amide bonds. The first-order valence-corrected chi connectivity index (χ1v) is 12.3. The zero-order valence-electron chi connectivity index (χ0n) is 18.8. The molecule has 3 aromatic carbocycles. The Morgan fingerprint density at radius 3 is 2.33 bits per heavy atom. The second-order valence-electron chi connectivity index (χ2n) is 7.64. The quantitative estimate of drug-likeness (QED) is 0.471. The molecule has 0 fully saturated rings. The molecule has 8 heteroatoms. The van der Waals surface area contributed by atoms with E-state index in [-0.39, 0.29) is 17.3 Å². The highest BCUT2D eigenvalue weighted by Crippen LogP contribution is 2.25. The van der Waals surface area contributed by atoms with Crippen LogP contribution >= 0.6 is 11.6 Å². The molecule has 3 aromatic rings. The van der Waals surface area contributed by atoms with Gasteiger partial charge in [0.2, 0.25) is 10.0 Å². The van der Waals surface area contributed by atoms with Crippen molar-refractivity contribution in [3.8, 4) is 5.75 Å². The summed E-state index contributed by atoms with van der Waals surface area (Å²) in [4.78, 5) is 12.9. The summed E-state index contributed by atoms with van der Waals surface area (Å²) in [7, 11) is -2.26. The van der Waals surface area contributed by atoms with Crippen molar-refractivity contribution in [2.75, 3.05) is 13.7 Å². The molecule has 0 radical (unpaired) electrons. The van der Waals surface area contributed by atoms with Crippen molar-refractivity contribution < 1.29 is 17.9 Å². The van der Waals surface area contributed by atoms with Crippen molar-refractivity contribution in [1.29, 1.82) is 0 Å². The van der Waals surface area contributed by atoms with Crippen LogP contribution in [0.5, 0.6) is 5.75 Å². The van der Waals surface area contributed by atoms with Crippen LogP contribution in [0.1, 0.15) is 34.0 Å². The largest absolute Gasteiger partial charge is 0.494 e. The Morgan fingerprint density at radius 1 is 1.03 bits per heavy atom. The highest BCUT2D eigenvalue weighted by molar-refractivity contribution is 7.89. The smallest absolute Gasteiger partial charge is 0.251 e. The summed E-state index contributed by atoms with van der Waals surface area (Å²) in [5, 5.41) is 3.36. The summed E-state index contributed by atoms with van der Waals surface area (Å²) < 4.78 is 32.9. The Hall–Kier alpha value is -2.87. The van der Waals surface area contributed by atoms with Crippen LogP contribution in [-0.2, 0) is 23.1 Å². The topological polar surface area (TPSA) is 75.7 Å². The van der Waals surface area contributed by atoms with E-state index in [4.69, 9.17) is 16.3 Å². The number of amides is 1. The summed E-state index contributed by atoms with van der Waals surface area (Å²) in [5.41, 5.74) is 3.17. The maximum Gasteiger partial charge on any atom is 0.251 e. The van der Waals surface area contributed by atoms with Gasteiger partial charge in [-0.05, 0) is 61.9 Å². The molecule has 0 saturated heterocycles. The zero-order chi connectivity index (χ0) is 24.0. The van der Waals surface area contributed by atoms with E-state index in [0.717, 1.165) is 11.1 Å². The van der Waals surface area contributed by atoms with Gasteiger partial charge in [-0.2, -0.15) is 4.31 Å². The number of halogens is 1. The second-order valence-corrected chi connectivity index (χ2v) is 10.1. The number of nitrogens with one attached hydrogen (secondary N) is 1. The van der Waals surface area contributed by atoms with E-state index in [1.54, 1.807) is 18.2 Å². The van der Waals surface area contributed by atoms with E-state index in [2.05, 4.69) is 5.32 Å². The maximum atomic E-state index is 13.0. The highest BCUT2D eigenvalue weighted by Gasteiger charge is 2.23. The molecular formula is C25H27ClN2O4S. The number of rotatable bonds is 9. The SMILES string of the molecule is CCOc1ccc(C(=O)NCc2ccc(C)cc2)cc1CN(C)S(=O)(=O)c1ccc(Cl)cc1. The van der Waals surface area contributed by atoms with Crippen LogP contribution in [0, 0.1) is 6.92 Å². The van der Waals surface area contributed by atoms with Gasteiger partial charge in [0.05, 0.1) is 11.5 Å². The van der Waals surface area contributed by atoms with Crippen LogP contribution in [-0.4, -0.2) is 32.3 Å². The lowest BCUT2D eigenvalue weighted by atomic mass is 10.1. The molecule has 0 aliphatic carbocycles. The van der Waals surface area contributed by atoms with Crippen molar-refractivity contribution in [1.82, 2.24) is 9.62 Å². The van der Waals surface area contributed by atoms with Crippen LogP contribution in [0.2, 0.25) is 5.02 Å². The lowest BCUT2D eigenvalue weighted by molar-refractivity contribution is 0.0950. The standard InChI is InChI=1S/C25H27ClN2O4S/c1-4-32-24-14-9-20(25(29)27-16-19-7-5-18(2)6-8-19)15-21(24)17-28(3)33(30,31)23-12-10-22(26)11-13-23/h5-15H,4,16-17H2,1-3H3,(H,27,29). The van der Waals surface area contributed by atoms with Crippen molar-refractivity contribution in [3.63, 3.8) is 0 Å². The third kappa shape index (κ3) is 6.35. The molecule has 6 nitrogen and oxygen atoms in total. The van der Waals surface area contributed by atoms with Crippen LogP contribution in [0.3, 0.4) is 0 Å². The van der Waals surface area contributed by atoms with E-state index in [1.165, 1.54) is 35.6 Å². The summed E-state index contributed by atoms with van der Waals surface area (Å²) >= 11 is 5.88. The van der Waals surface area contributed by atoms with Crippen LogP contribution in [0.4, 0.5) is 0 Å². The van der Waals surface area contributed by atoms with E-state index in [9.17, 15) is 13.2 Å². The molecular weight excluding hydrogens is 460 g/mol. The van der Waals surface area contributed by atoms with Crippen LogP contribution in [0.15, 0.2) is 71.6 Å². The highest BCUT2D eigenvalue weighted by atomic mass is 35.5. The predicted octanol–water partition coefficient (Wildman–Crippen LogP) is 4.80. The molecule has 0 bridgehead atoms. The number of benzene rings is 3. The number of nitrogens with zero attached hydrogens (tertiary/aromatic N) is 1. The summed E-state index contributed by atoms with van der Waals surface area (Å²) in [6, 6.07) is 19.0. The lowest BCUT2D eigenvalue weighted by Crippen LogP contribution is -2.27. The van der Waals surface area contributed by atoms with Gasteiger partial charge in [-0.15, -0.1) is 0 Å². The Morgan fingerprint density at radius 2 is 1.70 bits per heavy atom. The Labute approximate surface area is 200 Å². The van der Waals surface area contributed by atoms with Gasteiger partial charge in [0.15, 0.2) is 0 Å². The monoisotopic (exact) mass is 486 g/mol. The van der Waals surface area contributed by atoms with E-state index < -0.39 is 10.0 Å². The Balaban J connectivity index is 1.79. The molecule has 0 aliphatic rings. The van der Waals surface area contributed by atoms with Crippen LogP contribution < -0.4 is 10.1 Å². The lowest BCUT2D eigenvalue weighted by Gasteiger charge is -2.20. The van der Waals surface area contributed by atoms with Crippen molar-refractivity contribution in [2.24, 2.45) is 0 Å². The first-order chi connectivity index (χ1) is 15.7. The van der Waals surface area contributed by atoms with Crippen molar-refractivity contribution >= 4 is 27.5 Å². The minimum atomic E-state index is -3.75. The van der Waals surface area contributed by atoms with Gasteiger partial charge in [0.25, 0.3) is 5.91 Å². The molecule has 174 valence electrons. The van der Waals surface area contributed by atoms with Gasteiger partial charge in [0, 0.05) is 36.3 Å².